The molecule has 2 rings (SSSR count). The van der Waals surface area contributed by atoms with Crippen LogP contribution in [-0.2, 0) is 4.79 Å². The number of nitrogens with one attached hydrogen (secondary N) is 1. The van der Waals surface area contributed by atoms with E-state index in [2.05, 4.69) is 21.2 Å². The topological polar surface area (TPSA) is 69.6 Å². The summed E-state index contributed by atoms with van der Waals surface area (Å²) in [5, 5.41) is 11.4. The zero-order valence-electron chi connectivity index (χ0n) is 11.7. The Morgan fingerprint density at radius 3 is 2.67 bits per heavy atom. The SMILES string of the molecule is O=C(NCCO)C1CCN(C(=O)c2cccc(Br)c2)CC1. The van der Waals surface area contributed by atoms with Crippen LogP contribution in [0, 0.1) is 5.92 Å². The maximum atomic E-state index is 12.4. The number of carbonyl (C=O) groups is 2. The molecule has 1 aliphatic heterocycles. The number of aliphatic hydroxyl groups excluding tert-OH is 1. The van der Waals surface area contributed by atoms with Gasteiger partial charge in [0.05, 0.1) is 6.61 Å². The number of rotatable bonds is 4. The van der Waals surface area contributed by atoms with Crippen molar-refractivity contribution in [3.05, 3.63) is 34.3 Å². The first-order valence-corrected chi connectivity index (χ1v) is 7.84. The van der Waals surface area contributed by atoms with Crippen LogP contribution in [0.25, 0.3) is 0 Å². The molecule has 0 aromatic heterocycles. The van der Waals surface area contributed by atoms with E-state index in [9.17, 15) is 9.59 Å². The molecule has 0 atom stereocenters. The smallest absolute Gasteiger partial charge is 0.253 e. The Morgan fingerprint density at radius 1 is 1.33 bits per heavy atom. The summed E-state index contributed by atoms with van der Waals surface area (Å²) in [7, 11) is 0. The molecule has 5 nitrogen and oxygen atoms in total. The molecule has 6 heteroatoms. The number of halogens is 1. The van der Waals surface area contributed by atoms with Gasteiger partial charge in [0, 0.05) is 35.6 Å². The van der Waals surface area contributed by atoms with Crippen LogP contribution >= 0.6 is 15.9 Å². The van der Waals surface area contributed by atoms with Crippen molar-refractivity contribution in [2.75, 3.05) is 26.2 Å². The Hall–Kier alpha value is -1.40. The summed E-state index contributed by atoms with van der Waals surface area (Å²) in [5.74, 6) is -0.0905. The molecular formula is C15H19BrN2O3. The van der Waals surface area contributed by atoms with E-state index in [1.807, 2.05) is 18.2 Å². The number of piperidine rings is 1. The molecule has 0 spiro atoms. The van der Waals surface area contributed by atoms with Gasteiger partial charge in [0.1, 0.15) is 0 Å². The van der Waals surface area contributed by atoms with Crippen molar-refractivity contribution in [3.63, 3.8) is 0 Å². The van der Waals surface area contributed by atoms with E-state index in [0.717, 1.165) is 4.47 Å². The third-order valence-corrected chi connectivity index (χ3v) is 4.13. The number of carbonyl (C=O) groups excluding carboxylic acids is 2. The van der Waals surface area contributed by atoms with Gasteiger partial charge in [-0.25, -0.2) is 0 Å². The monoisotopic (exact) mass is 354 g/mol. The zero-order valence-corrected chi connectivity index (χ0v) is 13.3. The molecule has 1 heterocycles. The third-order valence-electron chi connectivity index (χ3n) is 3.64. The quantitative estimate of drug-likeness (QED) is 0.858. The summed E-state index contributed by atoms with van der Waals surface area (Å²) >= 11 is 3.36. The number of nitrogens with zero attached hydrogens (tertiary/aromatic N) is 1. The molecule has 0 bridgehead atoms. The molecule has 1 aromatic carbocycles. The Bertz CT molecular complexity index is 513. The van der Waals surface area contributed by atoms with Crippen molar-refractivity contribution < 1.29 is 14.7 Å². The second kappa shape index (κ2) is 7.56. The molecular weight excluding hydrogens is 336 g/mol. The standard InChI is InChI=1S/C15H19BrN2O3/c16-13-3-1-2-12(10-13)15(21)18-7-4-11(5-8-18)14(20)17-6-9-19/h1-3,10-11,19H,4-9H2,(H,17,20). The minimum absolute atomic E-state index is 0.00511. The molecule has 1 saturated heterocycles. The summed E-state index contributed by atoms with van der Waals surface area (Å²) in [4.78, 5) is 26.0. The fourth-order valence-electron chi connectivity index (χ4n) is 2.47. The fraction of sp³-hybridized carbons (Fsp3) is 0.467. The number of aliphatic hydroxyl groups is 1. The minimum atomic E-state index is -0.0666. The van der Waals surface area contributed by atoms with Crippen LogP contribution in [0.3, 0.4) is 0 Å². The van der Waals surface area contributed by atoms with Gasteiger partial charge in [-0.1, -0.05) is 22.0 Å². The van der Waals surface area contributed by atoms with Gasteiger partial charge in [0.2, 0.25) is 5.91 Å². The minimum Gasteiger partial charge on any atom is -0.395 e. The molecule has 1 fully saturated rings. The molecule has 114 valence electrons. The van der Waals surface area contributed by atoms with Crippen molar-refractivity contribution >= 4 is 27.7 Å². The average molecular weight is 355 g/mol. The fourth-order valence-corrected chi connectivity index (χ4v) is 2.87. The van der Waals surface area contributed by atoms with Gasteiger partial charge in [-0.15, -0.1) is 0 Å². The first kappa shape index (κ1) is 16.0. The normalized spacial score (nSPS) is 15.8. The lowest BCUT2D eigenvalue weighted by Crippen LogP contribution is -2.43. The predicted molar refractivity (Wildman–Crippen MR) is 82.9 cm³/mol. The lowest BCUT2D eigenvalue weighted by atomic mass is 9.95. The van der Waals surface area contributed by atoms with E-state index in [1.54, 1.807) is 11.0 Å². The maximum absolute atomic E-state index is 12.4. The molecule has 2 N–H and O–H groups in total. The molecule has 1 aliphatic rings. The zero-order chi connectivity index (χ0) is 15.2. The Morgan fingerprint density at radius 2 is 2.05 bits per heavy atom. The number of likely N-dealkylation sites (tertiary alicyclic amines) is 1. The van der Waals surface area contributed by atoms with Crippen LogP contribution < -0.4 is 5.32 Å². The van der Waals surface area contributed by atoms with E-state index in [4.69, 9.17) is 5.11 Å². The van der Waals surface area contributed by atoms with Crippen molar-refractivity contribution in [1.29, 1.82) is 0 Å². The Labute approximate surface area is 132 Å². The molecule has 2 amide bonds. The van der Waals surface area contributed by atoms with Gasteiger partial charge in [-0.05, 0) is 31.0 Å². The molecule has 1 aromatic rings. The lowest BCUT2D eigenvalue weighted by Gasteiger charge is -2.31. The van der Waals surface area contributed by atoms with E-state index in [1.165, 1.54) is 0 Å². The molecule has 0 saturated carbocycles. The van der Waals surface area contributed by atoms with Crippen LogP contribution in [0.5, 0.6) is 0 Å². The van der Waals surface area contributed by atoms with Gasteiger partial charge in [0.15, 0.2) is 0 Å². The Balaban J connectivity index is 1.89. The summed E-state index contributed by atoms with van der Waals surface area (Å²) in [5.41, 5.74) is 0.660. The summed E-state index contributed by atoms with van der Waals surface area (Å²) in [6, 6.07) is 7.33. The third kappa shape index (κ3) is 4.28. The number of amides is 2. The van der Waals surface area contributed by atoms with Gasteiger partial charge in [0.25, 0.3) is 5.91 Å². The van der Waals surface area contributed by atoms with Crippen LogP contribution in [0.15, 0.2) is 28.7 Å². The highest BCUT2D eigenvalue weighted by atomic mass is 79.9. The summed E-state index contributed by atoms with van der Waals surface area (Å²) in [6.07, 6.45) is 1.33. The maximum Gasteiger partial charge on any atom is 0.253 e. The lowest BCUT2D eigenvalue weighted by molar-refractivity contribution is -0.126. The van der Waals surface area contributed by atoms with Crippen LogP contribution in [-0.4, -0.2) is 48.1 Å². The first-order chi connectivity index (χ1) is 10.1. The highest BCUT2D eigenvalue weighted by Gasteiger charge is 2.27. The molecule has 0 radical (unpaired) electrons. The molecule has 21 heavy (non-hydrogen) atoms. The number of hydrogen-bond donors (Lipinski definition) is 2. The van der Waals surface area contributed by atoms with Gasteiger partial charge in [-0.2, -0.15) is 0 Å². The average Bonchev–Trinajstić information content (AvgIpc) is 2.52. The number of hydrogen-bond acceptors (Lipinski definition) is 3. The van der Waals surface area contributed by atoms with Gasteiger partial charge >= 0.3 is 0 Å². The van der Waals surface area contributed by atoms with Crippen LogP contribution in [0.1, 0.15) is 23.2 Å². The van der Waals surface area contributed by atoms with Gasteiger partial charge in [-0.3, -0.25) is 9.59 Å². The second-order valence-electron chi connectivity index (χ2n) is 5.09. The van der Waals surface area contributed by atoms with Gasteiger partial charge < -0.3 is 15.3 Å². The summed E-state index contributed by atoms with van der Waals surface area (Å²) < 4.78 is 0.881. The van der Waals surface area contributed by atoms with Crippen LogP contribution in [0.2, 0.25) is 0 Å². The highest BCUT2D eigenvalue weighted by molar-refractivity contribution is 9.10. The second-order valence-corrected chi connectivity index (χ2v) is 6.01. The van der Waals surface area contributed by atoms with E-state index in [0.29, 0.717) is 31.5 Å². The van der Waals surface area contributed by atoms with E-state index < -0.39 is 0 Å². The Kier molecular flexibility index (Phi) is 5.76. The predicted octanol–water partition coefficient (Wildman–Crippen LogP) is 1.41. The van der Waals surface area contributed by atoms with Crippen molar-refractivity contribution in [3.8, 4) is 0 Å². The van der Waals surface area contributed by atoms with E-state index in [-0.39, 0.29) is 30.9 Å². The van der Waals surface area contributed by atoms with Crippen molar-refractivity contribution in [2.45, 2.75) is 12.8 Å². The summed E-state index contributed by atoms with van der Waals surface area (Å²) in [6.45, 7) is 1.41. The first-order valence-electron chi connectivity index (χ1n) is 7.05. The van der Waals surface area contributed by atoms with Crippen molar-refractivity contribution in [1.82, 2.24) is 10.2 Å². The number of benzene rings is 1. The molecule has 0 unspecified atom stereocenters. The largest absolute Gasteiger partial charge is 0.395 e. The highest BCUT2D eigenvalue weighted by Crippen LogP contribution is 2.20. The van der Waals surface area contributed by atoms with E-state index >= 15 is 0 Å². The van der Waals surface area contributed by atoms with Crippen molar-refractivity contribution in [2.24, 2.45) is 5.92 Å². The molecule has 0 aliphatic carbocycles. The van der Waals surface area contributed by atoms with Crippen LogP contribution in [0.4, 0.5) is 0 Å².